The van der Waals surface area contributed by atoms with Gasteiger partial charge in [-0.25, -0.2) is 0 Å². The third-order valence-corrected chi connectivity index (χ3v) is 8.60. The first-order valence-electron chi connectivity index (χ1n) is 10.9. The molecular weight excluding hydrogens is 336 g/mol. The summed E-state index contributed by atoms with van der Waals surface area (Å²) in [5.41, 5.74) is 6.25. The predicted molar refractivity (Wildman–Crippen MR) is 107 cm³/mol. The number of nitrogens with two attached hydrogens (primary N) is 1. The van der Waals surface area contributed by atoms with Crippen LogP contribution in [0, 0.1) is 39.9 Å². The number of nitrogens with one attached hydrogen (secondary N) is 1. The molecule has 0 saturated heterocycles. The van der Waals surface area contributed by atoms with E-state index in [-0.39, 0.29) is 40.0 Å². The molecule has 0 spiro atoms. The summed E-state index contributed by atoms with van der Waals surface area (Å²) in [6.45, 7) is 9.26. The Balaban J connectivity index is 1.70. The maximum Gasteiger partial charge on any atom is 0.243 e. The average molecular weight is 373 g/mol. The Bertz CT molecular complexity index is 678. The molecule has 0 aromatic rings. The van der Waals surface area contributed by atoms with E-state index in [1.807, 2.05) is 0 Å². The molecule has 3 saturated carbocycles. The zero-order chi connectivity index (χ0) is 19.6. The molecule has 2 amide bonds. The lowest BCUT2D eigenvalue weighted by Gasteiger charge is -2.60. The second-order valence-electron chi connectivity index (χ2n) is 11.3. The molecule has 3 aliphatic carbocycles. The molecule has 1 aliphatic heterocycles. The number of rotatable bonds is 2. The number of hydrogen-bond donors (Lipinski definition) is 2. The molecular formula is C23H36N2O2. The molecule has 3 fully saturated rings. The Labute approximate surface area is 163 Å². The zero-order valence-electron chi connectivity index (χ0n) is 17.4. The molecule has 0 unspecified atom stereocenters. The van der Waals surface area contributed by atoms with E-state index >= 15 is 0 Å². The highest BCUT2D eigenvalue weighted by Gasteiger charge is 2.62. The first-order valence-corrected chi connectivity index (χ1v) is 10.9. The Morgan fingerprint density at radius 3 is 2.59 bits per heavy atom. The summed E-state index contributed by atoms with van der Waals surface area (Å²) in [5, 5.41) is 3.23. The molecule has 3 N–H and O–H groups in total. The monoisotopic (exact) mass is 372 g/mol. The second kappa shape index (κ2) is 6.09. The largest absolute Gasteiger partial charge is 0.369 e. The molecule has 4 aliphatic rings. The Morgan fingerprint density at radius 2 is 1.93 bits per heavy atom. The summed E-state index contributed by atoms with van der Waals surface area (Å²) < 4.78 is 0. The molecule has 1 heterocycles. The van der Waals surface area contributed by atoms with Crippen LogP contribution in [-0.4, -0.2) is 17.9 Å². The summed E-state index contributed by atoms with van der Waals surface area (Å²) in [7, 11) is 0. The van der Waals surface area contributed by atoms with Gasteiger partial charge in [0.05, 0.1) is 0 Å². The lowest BCUT2D eigenvalue weighted by atomic mass is 9.46. The van der Waals surface area contributed by atoms with Crippen LogP contribution < -0.4 is 11.1 Å². The number of hydrogen-bond acceptors (Lipinski definition) is 2. The smallest absolute Gasteiger partial charge is 0.243 e. The lowest BCUT2D eigenvalue weighted by Crippen LogP contribution is -2.60. The standard InChI is InChI=1S/C23H36N2O2/c1-21(2,3)13-23-12-9-15-14(16(23)6-7-17(23)20(24)27)5-8-18-22(15,4)11-10-19(26)25-18/h10-11,14-18H,5-9,12-13H2,1-4H3,(H2,24,27)(H,25,26)/t14-,15+,16+,17-,18-,22-,23-/m1/s1. The fraction of sp³-hybridized carbons (Fsp3) is 0.826. The molecule has 7 atom stereocenters. The normalized spacial score (nSPS) is 46.2. The van der Waals surface area contributed by atoms with E-state index in [0.29, 0.717) is 17.8 Å². The molecule has 4 rings (SSSR count). The van der Waals surface area contributed by atoms with Crippen molar-refractivity contribution in [1.82, 2.24) is 5.32 Å². The third kappa shape index (κ3) is 2.86. The van der Waals surface area contributed by atoms with Crippen LogP contribution >= 0.6 is 0 Å². The highest BCUT2D eigenvalue weighted by atomic mass is 16.2. The maximum atomic E-state index is 12.4. The van der Waals surface area contributed by atoms with E-state index < -0.39 is 0 Å². The SMILES string of the molecule is CC(C)(C)C[C@]12CC[C@H]3[C@@H](CC[C@H]4NC(=O)C=C[C@@]43C)[C@@H]1CC[C@@H]2C(N)=O. The van der Waals surface area contributed by atoms with Crippen LogP contribution in [0.1, 0.15) is 72.6 Å². The van der Waals surface area contributed by atoms with E-state index in [0.717, 1.165) is 38.5 Å². The van der Waals surface area contributed by atoms with Crippen molar-refractivity contribution in [2.75, 3.05) is 0 Å². The van der Waals surface area contributed by atoms with Crippen LogP contribution in [0.25, 0.3) is 0 Å². The first kappa shape index (κ1) is 19.0. The van der Waals surface area contributed by atoms with E-state index in [2.05, 4.69) is 39.1 Å². The van der Waals surface area contributed by atoms with Crippen molar-refractivity contribution in [1.29, 1.82) is 0 Å². The second-order valence-corrected chi connectivity index (χ2v) is 11.3. The summed E-state index contributed by atoms with van der Waals surface area (Å²) in [4.78, 5) is 24.3. The minimum Gasteiger partial charge on any atom is -0.369 e. The average Bonchev–Trinajstić information content (AvgIpc) is 2.92. The number of amides is 2. The molecule has 4 nitrogen and oxygen atoms in total. The Morgan fingerprint density at radius 1 is 1.19 bits per heavy atom. The van der Waals surface area contributed by atoms with Gasteiger partial charge < -0.3 is 11.1 Å². The quantitative estimate of drug-likeness (QED) is 0.774. The van der Waals surface area contributed by atoms with Gasteiger partial charge >= 0.3 is 0 Å². The molecule has 0 bridgehead atoms. The van der Waals surface area contributed by atoms with Crippen LogP contribution in [0.15, 0.2) is 12.2 Å². The van der Waals surface area contributed by atoms with E-state index in [1.54, 1.807) is 6.08 Å². The van der Waals surface area contributed by atoms with Crippen molar-refractivity contribution in [3.8, 4) is 0 Å². The van der Waals surface area contributed by atoms with Crippen LogP contribution in [0.2, 0.25) is 0 Å². The topological polar surface area (TPSA) is 72.2 Å². The van der Waals surface area contributed by atoms with Gasteiger partial charge in [0.2, 0.25) is 11.8 Å². The van der Waals surface area contributed by atoms with Gasteiger partial charge in [-0.2, -0.15) is 0 Å². The van der Waals surface area contributed by atoms with Crippen LogP contribution in [0.4, 0.5) is 0 Å². The van der Waals surface area contributed by atoms with Crippen molar-refractivity contribution < 1.29 is 9.59 Å². The summed E-state index contributed by atoms with van der Waals surface area (Å²) in [6.07, 6.45) is 11.6. The van der Waals surface area contributed by atoms with E-state index in [4.69, 9.17) is 5.73 Å². The highest BCUT2D eigenvalue weighted by molar-refractivity contribution is 5.89. The zero-order valence-corrected chi connectivity index (χ0v) is 17.4. The molecule has 150 valence electrons. The van der Waals surface area contributed by atoms with Crippen LogP contribution in [0.3, 0.4) is 0 Å². The van der Waals surface area contributed by atoms with E-state index in [9.17, 15) is 9.59 Å². The van der Waals surface area contributed by atoms with Gasteiger partial charge in [-0.3, -0.25) is 9.59 Å². The molecule has 0 aromatic heterocycles. The Hall–Kier alpha value is -1.32. The van der Waals surface area contributed by atoms with Gasteiger partial charge in [-0.05, 0) is 79.6 Å². The fourth-order valence-electron chi connectivity index (χ4n) is 7.90. The van der Waals surface area contributed by atoms with Gasteiger partial charge in [0.15, 0.2) is 0 Å². The predicted octanol–water partition coefficient (Wildman–Crippen LogP) is 3.80. The Kier molecular flexibility index (Phi) is 4.29. The number of carbonyl (C=O) groups excluding carboxylic acids is 2. The molecule has 27 heavy (non-hydrogen) atoms. The number of fused-ring (bicyclic) bond motifs is 5. The highest BCUT2D eigenvalue weighted by Crippen LogP contribution is 2.67. The number of carbonyl (C=O) groups is 2. The van der Waals surface area contributed by atoms with Gasteiger partial charge in [0.25, 0.3) is 0 Å². The van der Waals surface area contributed by atoms with Gasteiger partial charge in [-0.1, -0.05) is 33.8 Å². The first-order chi connectivity index (χ1) is 12.6. The molecule has 0 radical (unpaired) electrons. The van der Waals surface area contributed by atoms with Crippen molar-refractivity contribution >= 4 is 11.8 Å². The van der Waals surface area contributed by atoms with Crippen molar-refractivity contribution in [3.63, 3.8) is 0 Å². The van der Waals surface area contributed by atoms with Gasteiger partial charge in [0, 0.05) is 17.4 Å². The minimum absolute atomic E-state index is 0.0369. The van der Waals surface area contributed by atoms with Crippen molar-refractivity contribution in [2.45, 2.75) is 78.7 Å². The third-order valence-electron chi connectivity index (χ3n) is 8.60. The summed E-state index contributed by atoms with van der Waals surface area (Å²) in [6, 6.07) is 0.264. The van der Waals surface area contributed by atoms with Crippen molar-refractivity contribution in [3.05, 3.63) is 12.2 Å². The molecule has 0 aromatic carbocycles. The summed E-state index contributed by atoms with van der Waals surface area (Å²) in [5.74, 6) is 1.85. The van der Waals surface area contributed by atoms with Crippen LogP contribution in [-0.2, 0) is 9.59 Å². The van der Waals surface area contributed by atoms with Crippen molar-refractivity contribution in [2.24, 2.45) is 45.7 Å². The fourth-order valence-corrected chi connectivity index (χ4v) is 7.90. The minimum atomic E-state index is -0.0788. The molecule has 4 heteroatoms. The maximum absolute atomic E-state index is 12.4. The van der Waals surface area contributed by atoms with E-state index in [1.165, 1.54) is 6.42 Å². The van der Waals surface area contributed by atoms with Gasteiger partial charge in [-0.15, -0.1) is 0 Å². The lowest BCUT2D eigenvalue weighted by molar-refractivity contribution is -0.135. The van der Waals surface area contributed by atoms with Crippen LogP contribution in [0.5, 0.6) is 0 Å². The number of primary amides is 1. The summed E-state index contributed by atoms with van der Waals surface area (Å²) >= 11 is 0. The van der Waals surface area contributed by atoms with Gasteiger partial charge in [0.1, 0.15) is 0 Å².